The molecular formula is C14H17N3O4S2. The van der Waals surface area contributed by atoms with Crippen molar-refractivity contribution in [1.82, 2.24) is 14.7 Å². The molecule has 2 heterocycles. The van der Waals surface area contributed by atoms with E-state index in [2.05, 4.69) is 14.7 Å². The number of rotatable bonds is 7. The minimum Gasteiger partial charge on any atom is -0.481 e. The fraction of sp³-hybridized carbons (Fsp3) is 0.357. The number of carboxylic acids is 1. The van der Waals surface area contributed by atoms with Gasteiger partial charge in [-0.15, -0.1) is 11.3 Å². The standard InChI is InChI=1S/C14H17N3O4S2/c1-9-14(22-10(2)17-9)23(20,21)16-8-11(13(18)19)7-12-5-3-4-6-15-12/h3-6,11,16H,7-8H2,1-2H3,(H,18,19). The lowest BCUT2D eigenvalue weighted by Gasteiger charge is -2.13. The van der Waals surface area contributed by atoms with Crippen LogP contribution in [0.25, 0.3) is 0 Å². The van der Waals surface area contributed by atoms with E-state index in [9.17, 15) is 18.3 Å². The Morgan fingerprint density at radius 1 is 1.39 bits per heavy atom. The fourth-order valence-electron chi connectivity index (χ4n) is 2.06. The molecule has 0 aromatic carbocycles. The van der Waals surface area contributed by atoms with Gasteiger partial charge in [0.2, 0.25) is 0 Å². The van der Waals surface area contributed by atoms with Crippen LogP contribution in [-0.4, -0.2) is 36.0 Å². The maximum atomic E-state index is 12.3. The highest BCUT2D eigenvalue weighted by atomic mass is 32.2. The summed E-state index contributed by atoms with van der Waals surface area (Å²) in [7, 11) is -3.77. The first-order chi connectivity index (χ1) is 10.8. The van der Waals surface area contributed by atoms with E-state index < -0.39 is 21.9 Å². The first kappa shape index (κ1) is 17.5. The van der Waals surface area contributed by atoms with Crippen LogP contribution in [0.5, 0.6) is 0 Å². The smallest absolute Gasteiger partial charge is 0.308 e. The Labute approximate surface area is 138 Å². The topological polar surface area (TPSA) is 109 Å². The summed E-state index contributed by atoms with van der Waals surface area (Å²) >= 11 is 1.06. The highest BCUT2D eigenvalue weighted by Crippen LogP contribution is 2.22. The maximum absolute atomic E-state index is 12.3. The number of aromatic nitrogens is 2. The highest BCUT2D eigenvalue weighted by molar-refractivity contribution is 7.91. The van der Waals surface area contributed by atoms with E-state index >= 15 is 0 Å². The molecule has 0 radical (unpaired) electrons. The second-order valence-corrected chi connectivity index (χ2v) is 8.18. The number of carbonyl (C=O) groups is 1. The van der Waals surface area contributed by atoms with Crippen molar-refractivity contribution in [3.8, 4) is 0 Å². The van der Waals surface area contributed by atoms with E-state index in [1.165, 1.54) is 0 Å². The van der Waals surface area contributed by atoms with Crippen LogP contribution in [0.1, 0.15) is 16.4 Å². The Kier molecular flexibility index (Phi) is 5.45. The van der Waals surface area contributed by atoms with E-state index in [4.69, 9.17) is 0 Å². The van der Waals surface area contributed by atoms with Gasteiger partial charge in [0.05, 0.1) is 16.6 Å². The Morgan fingerprint density at radius 3 is 2.65 bits per heavy atom. The van der Waals surface area contributed by atoms with Crippen molar-refractivity contribution in [2.24, 2.45) is 5.92 Å². The van der Waals surface area contributed by atoms with Gasteiger partial charge in [-0.05, 0) is 26.0 Å². The summed E-state index contributed by atoms with van der Waals surface area (Å²) in [6.45, 7) is 3.13. The quantitative estimate of drug-likeness (QED) is 0.776. The van der Waals surface area contributed by atoms with E-state index in [-0.39, 0.29) is 17.2 Å². The third kappa shape index (κ3) is 4.57. The summed E-state index contributed by atoms with van der Waals surface area (Å²) < 4.78 is 27.1. The average Bonchev–Trinajstić information content (AvgIpc) is 2.84. The van der Waals surface area contributed by atoms with Gasteiger partial charge in [0.15, 0.2) is 4.21 Å². The van der Waals surface area contributed by atoms with Crippen molar-refractivity contribution < 1.29 is 18.3 Å². The molecule has 2 aromatic heterocycles. The molecule has 2 aromatic rings. The number of thiazole rings is 1. The summed E-state index contributed by atoms with van der Waals surface area (Å²) in [5.41, 5.74) is 1.01. The lowest BCUT2D eigenvalue weighted by Crippen LogP contribution is -2.34. The van der Waals surface area contributed by atoms with Crippen molar-refractivity contribution >= 4 is 27.3 Å². The van der Waals surface area contributed by atoms with Crippen LogP contribution >= 0.6 is 11.3 Å². The van der Waals surface area contributed by atoms with E-state index in [1.807, 2.05) is 0 Å². The first-order valence-electron chi connectivity index (χ1n) is 6.86. The minimum absolute atomic E-state index is 0.122. The number of pyridine rings is 1. The number of aryl methyl sites for hydroxylation is 2. The molecule has 9 heteroatoms. The molecule has 0 bridgehead atoms. The molecule has 0 amide bonds. The van der Waals surface area contributed by atoms with Crippen molar-refractivity contribution in [2.75, 3.05) is 6.54 Å². The molecule has 23 heavy (non-hydrogen) atoms. The molecule has 0 saturated heterocycles. The van der Waals surface area contributed by atoms with E-state index in [1.54, 1.807) is 38.2 Å². The van der Waals surface area contributed by atoms with Crippen LogP contribution in [0.3, 0.4) is 0 Å². The Hall–Kier alpha value is -1.84. The molecule has 2 rings (SSSR count). The zero-order chi connectivity index (χ0) is 17.0. The van der Waals surface area contributed by atoms with E-state index in [0.717, 1.165) is 11.3 Å². The lowest BCUT2D eigenvalue weighted by atomic mass is 10.0. The second-order valence-electron chi connectivity index (χ2n) is 5.02. The van der Waals surface area contributed by atoms with Crippen molar-refractivity contribution in [3.63, 3.8) is 0 Å². The van der Waals surface area contributed by atoms with Gasteiger partial charge in [0.25, 0.3) is 10.0 Å². The van der Waals surface area contributed by atoms with Crippen molar-refractivity contribution in [3.05, 3.63) is 40.8 Å². The van der Waals surface area contributed by atoms with Crippen LogP contribution < -0.4 is 4.72 Å². The lowest BCUT2D eigenvalue weighted by molar-refractivity contribution is -0.141. The molecular weight excluding hydrogens is 338 g/mol. The molecule has 1 atom stereocenters. The summed E-state index contributed by atoms with van der Waals surface area (Å²) in [5.74, 6) is -1.97. The summed E-state index contributed by atoms with van der Waals surface area (Å²) in [5, 5.41) is 9.93. The largest absolute Gasteiger partial charge is 0.481 e. The molecule has 0 aliphatic rings. The zero-order valence-electron chi connectivity index (χ0n) is 12.7. The van der Waals surface area contributed by atoms with Gasteiger partial charge in [-0.25, -0.2) is 18.1 Å². The number of nitrogens with zero attached hydrogens (tertiary/aromatic N) is 2. The molecule has 0 spiro atoms. The number of hydrogen-bond donors (Lipinski definition) is 2. The molecule has 0 saturated carbocycles. The third-order valence-electron chi connectivity index (χ3n) is 3.16. The molecule has 1 unspecified atom stereocenters. The number of carboxylic acid groups (broad SMARTS) is 1. The molecule has 0 aliphatic carbocycles. The minimum atomic E-state index is -3.77. The Bertz CT molecular complexity index is 788. The first-order valence-corrected chi connectivity index (χ1v) is 9.16. The molecule has 124 valence electrons. The monoisotopic (exact) mass is 355 g/mol. The van der Waals surface area contributed by atoms with Gasteiger partial charge in [-0.2, -0.15) is 0 Å². The summed E-state index contributed by atoms with van der Waals surface area (Å²) in [6.07, 6.45) is 1.72. The van der Waals surface area contributed by atoms with Gasteiger partial charge in [0.1, 0.15) is 0 Å². The summed E-state index contributed by atoms with van der Waals surface area (Å²) in [6, 6.07) is 5.20. The normalized spacial score (nSPS) is 13.0. The number of hydrogen-bond acceptors (Lipinski definition) is 6. The molecule has 0 aliphatic heterocycles. The van der Waals surface area contributed by atoms with Crippen LogP contribution in [0.4, 0.5) is 0 Å². The Balaban J connectivity index is 2.09. The van der Waals surface area contributed by atoms with Crippen LogP contribution in [0.15, 0.2) is 28.6 Å². The number of nitrogens with one attached hydrogen (secondary N) is 1. The van der Waals surface area contributed by atoms with Gasteiger partial charge in [0, 0.05) is 24.9 Å². The predicted molar refractivity (Wildman–Crippen MR) is 85.8 cm³/mol. The zero-order valence-corrected chi connectivity index (χ0v) is 14.3. The number of aliphatic carboxylic acids is 1. The van der Waals surface area contributed by atoms with Gasteiger partial charge in [-0.3, -0.25) is 9.78 Å². The van der Waals surface area contributed by atoms with Gasteiger partial charge < -0.3 is 5.11 Å². The SMILES string of the molecule is Cc1nc(C)c(S(=O)(=O)NCC(Cc2ccccn2)C(=O)O)s1. The van der Waals surface area contributed by atoms with Crippen LogP contribution in [-0.2, 0) is 21.2 Å². The summed E-state index contributed by atoms with van der Waals surface area (Å²) in [4.78, 5) is 19.5. The maximum Gasteiger partial charge on any atom is 0.308 e. The van der Waals surface area contributed by atoms with Crippen LogP contribution in [0, 0.1) is 19.8 Å². The highest BCUT2D eigenvalue weighted by Gasteiger charge is 2.25. The molecule has 0 fully saturated rings. The van der Waals surface area contributed by atoms with Crippen molar-refractivity contribution in [2.45, 2.75) is 24.5 Å². The van der Waals surface area contributed by atoms with E-state index in [0.29, 0.717) is 16.4 Å². The predicted octanol–water partition coefficient (Wildman–Crippen LogP) is 1.38. The van der Waals surface area contributed by atoms with Crippen molar-refractivity contribution in [1.29, 1.82) is 0 Å². The second kappa shape index (κ2) is 7.16. The average molecular weight is 355 g/mol. The van der Waals surface area contributed by atoms with Gasteiger partial charge >= 0.3 is 5.97 Å². The number of sulfonamides is 1. The van der Waals surface area contributed by atoms with Gasteiger partial charge in [-0.1, -0.05) is 6.07 Å². The van der Waals surface area contributed by atoms with Crippen LogP contribution in [0.2, 0.25) is 0 Å². The third-order valence-corrected chi connectivity index (χ3v) is 6.26. The molecule has 2 N–H and O–H groups in total. The molecule has 7 nitrogen and oxygen atoms in total. The Morgan fingerprint density at radius 2 is 2.13 bits per heavy atom. The fourth-order valence-corrected chi connectivity index (χ4v) is 4.66.